The Morgan fingerprint density at radius 3 is 2.07 bits per heavy atom. The first kappa shape index (κ1) is 20.3. The zero-order valence-corrected chi connectivity index (χ0v) is 16.2. The first-order valence-corrected chi connectivity index (χ1v) is 9.52. The van der Waals surface area contributed by atoms with Gasteiger partial charge in [0.2, 0.25) is 0 Å². The second-order valence-electron chi connectivity index (χ2n) is 6.78. The van der Waals surface area contributed by atoms with Gasteiger partial charge < -0.3 is 10.6 Å². The molecule has 2 amide bonds. The number of halogens is 1. The Hall–Kier alpha value is -3.47. The molecule has 0 aliphatic heterocycles. The molecule has 3 aromatic carbocycles. The highest BCUT2D eigenvalue weighted by atomic mass is 19.1. The fourth-order valence-corrected chi connectivity index (χ4v) is 2.99. The monoisotopic (exact) mass is 390 g/mol. The maximum atomic E-state index is 13.6. The van der Waals surface area contributed by atoms with Gasteiger partial charge in [-0.15, -0.1) is 0 Å². The Morgan fingerprint density at radius 2 is 1.41 bits per heavy atom. The van der Waals surface area contributed by atoms with E-state index in [1.165, 1.54) is 6.07 Å². The van der Waals surface area contributed by atoms with Gasteiger partial charge in [-0.1, -0.05) is 48.5 Å². The van der Waals surface area contributed by atoms with Crippen molar-refractivity contribution in [1.82, 2.24) is 10.6 Å². The van der Waals surface area contributed by atoms with Crippen molar-refractivity contribution in [3.8, 4) is 0 Å². The van der Waals surface area contributed by atoms with E-state index in [4.69, 9.17) is 0 Å². The van der Waals surface area contributed by atoms with Gasteiger partial charge in [-0.05, 0) is 54.8 Å². The van der Waals surface area contributed by atoms with Crippen LogP contribution in [-0.2, 0) is 6.42 Å². The van der Waals surface area contributed by atoms with E-state index >= 15 is 0 Å². The van der Waals surface area contributed by atoms with Gasteiger partial charge in [0.05, 0.1) is 6.04 Å². The molecule has 0 spiro atoms. The van der Waals surface area contributed by atoms with Crippen LogP contribution in [-0.4, -0.2) is 18.4 Å². The van der Waals surface area contributed by atoms with Gasteiger partial charge in [-0.2, -0.15) is 0 Å². The number of carbonyl (C=O) groups is 2. The highest BCUT2D eigenvalue weighted by molar-refractivity contribution is 5.97. The fraction of sp³-hybridized carbons (Fsp3) is 0.167. The van der Waals surface area contributed by atoms with E-state index < -0.39 is 0 Å². The minimum Gasteiger partial charge on any atom is -0.352 e. The summed E-state index contributed by atoms with van der Waals surface area (Å²) in [4.78, 5) is 24.7. The average Bonchev–Trinajstić information content (AvgIpc) is 2.75. The van der Waals surface area contributed by atoms with E-state index in [1.807, 2.05) is 37.3 Å². The molecule has 0 saturated heterocycles. The lowest BCUT2D eigenvalue weighted by Gasteiger charge is -2.14. The summed E-state index contributed by atoms with van der Waals surface area (Å²) in [5.41, 5.74) is 2.51. The summed E-state index contributed by atoms with van der Waals surface area (Å²) in [5.74, 6) is -0.735. The van der Waals surface area contributed by atoms with E-state index in [9.17, 15) is 14.0 Å². The average molecular weight is 390 g/mol. The van der Waals surface area contributed by atoms with Gasteiger partial charge in [-0.3, -0.25) is 9.59 Å². The van der Waals surface area contributed by atoms with Crippen LogP contribution in [0.1, 0.15) is 44.8 Å². The molecule has 3 rings (SSSR count). The van der Waals surface area contributed by atoms with E-state index in [1.54, 1.807) is 42.5 Å². The number of hydrogen-bond acceptors (Lipinski definition) is 2. The molecule has 0 saturated carbocycles. The zero-order valence-electron chi connectivity index (χ0n) is 16.2. The third-order valence-electron chi connectivity index (χ3n) is 4.69. The molecule has 0 radical (unpaired) electrons. The molecule has 0 bridgehead atoms. The Balaban J connectivity index is 1.53. The molecule has 0 heterocycles. The minimum absolute atomic E-state index is 0.120. The number of benzene rings is 3. The van der Waals surface area contributed by atoms with Crippen molar-refractivity contribution >= 4 is 11.8 Å². The third kappa shape index (κ3) is 5.51. The highest BCUT2D eigenvalue weighted by Gasteiger charge is 2.12. The van der Waals surface area contributed by atoms with Gasteiger partial charge in [0, 0.05) is 17.7 Å². The molecule has 2 N–H and O–H groups in total. The van der Waals surface area contributed by atoms with Crippen molar-refractivity contribution in [3.63, 3.8) is 0 Å². The Bertz CT molecular complexity index is 972. The summed E-state index contributed by atoms with van der Waals surface area (Å²) in [7, 11) is 0. The lowest BCUT2D eigenvalue weighted by molar-refractivity contribution is 0.0933. The molecule has 3 aromatic rings. The normalized spacial score (nSPS) is 11.5. The third-order valence-corrected chi connectivity index (χ3v) is 4.69. The van der Waals surface area contributed by atoms with Crippen LogP contribution >= 0.6 is 0 Å². The molecule has 148 valence electrons. The maximum Gasteiger partial charge on any atom is 0.251 e. The van der Waals surface area contributed by atoms with Crippen molar-refractivity contribution in [2.45, 2.75) is 19.4 Å². The van der Waals surface area contributed by atoms with Crippen LogP contribution in [0.2, 0.25) is 0 Å². The van der Waals surface area contributed by atoms with Gasteiger partial charge in [0.25, 0.3) is 11.8 Å². The number of nitrogens with one attached hydrogen (secondary N) is 2. The van der Waals surface area contributed by atoms with E-state index in [0.717, 1.165) is 5.56 Å². The van der Waals surface area contributed by atoms with E-state index in [-0.39, 0.29) is 23.7 Å². The van der Waals surface area contributed by atoms with Crippen LogP contribution in [0.15, 0.2) is 78.9 Å². The van der Waals surface area contributed by atoms with Crippen molar-refractivity contribution in [3.05, 3.63) is 107 Å². The SMILES string of the molecule is CC(NC(=O)c1ccc(C(=O)NCCc2ccccc2F)cc1)c1ccccc1. The first-order valence-electron chi connectivity index (χ1n) is 9.52. The summed E-state index contributed by atoms with van der Waals surface area (Å²) in [6.07, 6.45) is 0.413. The zero-order chi connectivity index (χ0) is 20.6. The number of rotatable bonds is 7. The predicted molar refractivity (Wildman–Crippen MR) is 111 cm³/mol. The van der Waals surface area contributed by atoms with E-state index in [0.29, 0.717) is 29.7 Å². The Kier molecular flexibility index (Phi) is 6.74. The minimum atomic E-state index is -0.276. The summed E-state index contributed by atoms with van der Waals surface area (Å²) in [6, 6.07) is 22.6. The second kappa shape index (κ2) is 9.64. The lowest BCUT2D eigenvalue weighted by Crippen LogP contribution is -2.27. The molecule has 29 heavy (non-hydrogen) atoms. The molecule has 1 unspecified atom stereocenters. The summed E-state index contributed by atoms with van der Waals surface area (Å²) < 4.78 is 13.6. The molecule has 5 heteroatoms. The van der Waals surface area contributed by atoms with Crippen LogP contribution in [0, 0.1) is 5.82 Å². The number of carbonyl (C=O) groups excluding carboxylic acids is 2. The first-order chi connectivity index (χ1) is 14.0. The van der Waals surface area contributed by atoms with Crippen molar-refractivity contribution in [2.24, 2.45) is 0 Å². The number of amides is 2. The van der Waals surface area contributed by atoms with Gasteiger partial charge in [-0.25, -0.2) is 4.39 Å². The van der Waals surface area contributed by atoms with Crippen molar-refractivity contribution in [2.75, 3.05) is 6.54 Å². The van der Waals surface area contributed by atoms with Crippen molar-refractivity contribution in [1.29, 1.82) is 0 Å². The molecule has 4 nitrogen and oxygen atoms in total. The van der Waals surface area contributed by atoms with E-state index in [2.05, 4.69) is 10.6 Å². The maximum absolute atomic E-state index is 13.6. The molecule has 0 aliphatic rings. The standard InChI is InChI=1S/C24H23FN2O2/c1-17(18-7-3-2-4-8-18)27-24(29)21-13-11-20(12-14-21)23(28)26-16-15-19-9-5-6-10-22(19)25/h2-14,17H,15-16H2,1H3,(H,26,28)(H,27,29). The lowest BCUT2D eigenvalue weighted by atomic mass is 10.1. The quantitative estimate of drug-likeness (QED) is 0.632. The van der Waals surface area contributed by atoms with Crippen LogP contribution in [0.4, 0.5) is 4.39 Å². The summed E-state index contributed by atoms with van der Waals surface area (Å²) in [5, 5.41) is 5.71. The fourth-order valence-electron chi connectivity index (χ4n) is 2.99. The molecular weight excluding hydrogens is 367 g/mol. The molecule has 1 atom stereocenters. The van der Waals surface area contributed by atoms with Crippen LogP contribution < -0.4 is 10.6 Å². The van der Waals surface area contributed by atoms with Crippen molar-refractivity contribution < 1.29 is 14.0 Å². The van der Waals surface area contributed by atoms with Gasteiger partial charge >= 0.3 is 0 Å². The summed E-state index contributed by atoms with van der Waals surface area (Å²) in [6.45, 7) is 2.25. The van der Waals surface area contributed by atoms with Gasteiger partial charge in [0.1, 0.15) is 5.82 Å². The smallest absolute Gasteiger partial charge is 0.251 e. The predicted octanol–water partition coefficient (Wildman–Crippen LogP) is 4.29. The van der Waals surface area contributed by atoms with Gasteiger partial charge in [0.15, 0.2) is 0 Å². The second-order valence-corrected chi connectivity index (χ2v) is 6.78. The topological polar surface area (TPSA) is 58.2 Å². The van der Waals surface area contributed by atoms with Crippen LogP contribution in [0.25, 0.3) is 0 Å². The largest absolute Gasteiger partial charge is 0.352 e. The Morgan fingerprint density at radius 1 is 0.828 bits per heavy atom. The van der Waals surface area contributed by atoms with Crippen LogP contribution in [0.3, 0.4) is 0 Å². The van der Waals surface area contributed by atoms with Crippen LogP contribution in [0.5, 0.6) is 0 Å². The molecule has 0 fully saturated rings. The molecular formula is C24H23FN2O2. The number of hydrogen-bond donors (Lipinski definition) is 2. The Labute approximate surface area is 169 Å². The molecule has 0 aromatic heterocycles. The molecule has 0 aliphatic carbocycles. The summed E-state index contributed by atoms with van der Waals surface area (Å²) >= 11 is 0. The highest BCUT2D eigenvalue weighted by Crippen LogP contribution is 2.13.